The summed E-state index contributed by atoms with van der Waals surface area (Å²) in [7, 11) is 0. The van der Waals surface area contributed by atoms with E-state index in [9.17, 15) is 13.2 Å². The van der Waals surface area contributed by atoms with Crippen LogP contribution in [0.15, 0.2) is 18.2 Å². The number of hydrogen-bond donors (Lipinski definition) is 0. The molecule has 0 aliphatic heterocycles. The van der Waals surface area contributed by atoms with Gasteiger partial charge in [-0.1, -0.05) is 5.92 Å². The van der Waals surface area contributed by atoms with Crippen molar-refractivity contribution in [1.82, 2.24) is 0 Å². The number of alkyl halides is 3. The predicted molar refractivity (Wildman–Crippen MR) is 59.7 cm³/mol. The summed E-state index contributed by atoms with van der Waals surface area (Å²) in [5.41, 5.74) is -2.43. The molecule has 0 saturated heterocycles. The molecule has 0 saturated carbocycles. The van der Waals surface area contributed by atoms with Gasteiger partial charge in [-0.15, -0.1) is 6.42 Å². The molecular weight excluding hydrogens is 243 g/mol. The maximum Gasteiger partial charge on any atom is 0.417 e. The van der Waals surface area contributed by atoms with Gasteiger partial charge in [0.1, 0.15) is 5.75 Å². The Morgan fingerprint density at radius 2 is 1.89 bits per heavy atom. The van der Waals surface area contributed by atoms with Gasteiger partial charge in [-0.3, -0.25) is 0 Å². The molecule has 2 nitrogen and oxygen atoms in total. The molecule has 0 aliphatic carbocycles. The van der Waals surface area contributed by atoms with Crippen molar-refractivity contribution < 1.29 is 17.9 Å². The number of terminal acetylenes is 1. The highest BCUT2D eigenvalue weighted by molar-refractivity contribution is 5.45. The first-order chi connectivity index (χ1) is 8.19. The standard InChI is InChI=1S/C13H10F3NO/c1-4-12(2,3)18-10-5-6-11(13(14,15)16)9(7-10)8-17/h1,5-7H,2-3H3. The van der Waals surface area contributed by atoms with Crippen LogP contribution < -0.4 is 4.74 Å². The smallest absolute Gasteiger partial charge is 0.417 e. The summed E-state index contributed by atoms with van der Waals surface area (Å²) in [4.78, 5) is 0. The van der Waals surface area contributed by atoms with Crippen molar-refractivity contribution in [2.45, 2.75) is 25.6 Å². The molecule has 0 amide bonds. The van der Waals surface area contributed by atoms with Crippen molar-refractivity contribution >= 4 is 0 Å². The fourth-order valence-corrected chi connectivity index (χ4v) is 1.25. The minimum Gasteiger partial charge on any atom is -0.475 e. The number of nitrogens with zero attached hydrogens (tertiary/aromatic N) is 1. The monoisotopic (exact) mass is 253 g/mol. The van der Waals surface area contributed by atoms with Crippen LogP contribution in [-0.4, -0.2) is 5.60 Å². The highest BCUT2D eigenvalue weighted by Crippen LogP contribution is 2.34. The Morgan fingerprint density at radius 3 is 2.33 bits per heavy atom. The Balaban J connectivity index is 3.17. The summed E-state index contributed by atoms with van der Waals surface area (Å²) < 4.78 is 42.9. The van der Waals surface area contributed by atoms with E-state index in [0.29, 0.717) is 0 Å². The van der Waals surface area contributed by atoms with Crippen molar-refractivity contribution in [3.05, 3.63) is 29.3 Å². The maximum absolute atomic E-state index is 12.5. The normalized spacial score (nSPS) is 11.5. The second kappa shape index (κ2) is 4.62. The van der Waals surface area contributed by atoms with E-state index in [1.54, 1.807) is 13.8 Å². The zero-order valence-corrected chi connectivity index (χ0v) is 9.80. The fraction of sp³-hybridized carbons (Fsp3) is 0.308. The van der Waals surface area contributed by atoms with E-state index in [1.165, 1.54) is 6.07 Å². The van der Waals surface area contributed by atoms with E-state index in [-0.39, 0.29) is 5.75 Å². The average molecular weight is 253 g/mol. The Hall–Kier alpha value is -2.14. The Kier molecular flexibility index (Phi) is 3.57. The summed E-state index contributed by atoms with van der Waals surface area (Å²) in [6, 6.07) is 4.47. The molecular formula is C13H10F3NO. The lowest BCUT2D eigenvalue weighted by molar-refractivity contribution is -0.137. The lowest BCUT2D eigenvalue weighted by atomic mass is 10.1. The van der Waals surface area contributed by atoms with Gasteiger partial charge in [0, 0.05) is 0 Å². The van der Waals surface area contributed by atoms with Crippen LogP contribution in [0.2, 0.25) is 0 Å². The Labute approximate surface area is 103 Å². The number of rotatable bonds is 2. The minimum atomic E-state index is -4.56. The molecule has 0 atom stereocenters. The highest BCUT2D eigenvalue weighted by atomic mass is 19.4. The Morgan fingerprint density at radius 1 is 1.28 bits per heavy atom. The summed E-state index contributed by atoms with van der Waals surface area (Å²) in [5.74, 6) is 2.47. The topological polar surface area (TPSA) is 33.0 Å². The number of ether oxygens (including phenoxy) is 1. The van der Waals surface area contributed by atoms with Gasteiger partial charge in [0.15, 0.2) is 5.60 Å². The number of benzene rings is 1. The van der Waals surface area contributed by atoms with Crippen LogP contribution in [0.3, 0.4) is 0 Å². The summed E-state index contributed by atoms with van der Waals surface area (Å²) in [6.45, 7) is 3.19. The van der Waals surface area contributed by atoms with E-state index < -0.39 is 22.9 Å². The van der Waals surface area contributed by atoms with Crippen LogP contribution in [0.1, 0.15) is 25.0 Å². The maximum atomic E-state index is 12.5. The summed E-state index contributed by atoms with van der Waals surface area (Å²) >= 11 is 0. The molecule has 0 aromatic heterocycles. The van der Waals surface area contributed by atoms with E-state index in [2.05, 4.69) is 5.92 Å². The molecule has 0 bridgehead atoms. The van der Waals surface area contributed by atoms with Crippen LogP contribution in [0.4, 0.5) is 13.2 Å². The van der Waals surface area contributed by atoms with Gasteiger partial charge >= 0.3 is 6.18 Å². The van der Waals surface area contributed by atoms with E-state index in [0.717, 1.165) is 18.2 Å². The fourth-order valence-electron chi connectivity index (χ4n) is 1.25. The van der Waals surface area contributed by atoms with Gasteiger partial charge in [-0.05, 0) is 32.0 Å². The van der Waals surface area contributed by atoms with Crippen LogP contribution in [0.25, 0.3) is 0 Å². The Bertz CT molecular complexity index is 533. The molecule has 1 aromatic carbocycles. The van der Waals surface area contributed by atoms with Gasteiger partial charge in [0.05, 0.1) is 17.2 Å². The van der Waals surface area contributed by atoms with Crippen molar-refractivity contribution in [2.75, 3.05) is 0 Å². The lowest BCUT2D eigenvalue weighted by Gasteiger charge is -2.20. The first kappa shape index (κ1) is 13.9. The molecule has 5 heteroatoms. The molecule has 18 heavy (non-hydrogen) atoms. The first-order valence-electron chi connectivity index (χ1n) is 4.98. The van der Waals surface area contributed by atoms with Gasteiger partial charge in [0.25, 0.3) is 0 Å². The summed E-state index contributed by atoms with van der Waals surface area (Å²) in [6.07, 6.45) is 0.640. The molecule has 0 N–H and O–H groups in total. The van der Waals surface area contributed by atoms with E-state index in [1.807, 2.05) is 0 Å². The molecule has 1 rings (SSSR count). The van der Waals surface area contributed by atoms with Gasteiger partial charge in [0.2, 0.25) is 0 Å². The van der Waals surface area contributed by atoms with Crippen molar-refractivity contribution in [3.8, 4) is 24.2 Å². The minimum absolute atomic E-state index is 0.127. The number of hydrogen-bond acceptors (Lipinski definition) is 2. The first-order valence-corrected chi connectivity index (χ1v) is 4.98. The van der Waals surface area contributed by atoms with Crippen molar-refractivity contribution in [2.24, 2.45) is 0 Å². The third kappa shape index (κ3) is 3.18. The van der Waals surface area contributed by atoms with Crippen molar-refractivity contribution in [3.63, 3.8) is 0 Å². The molecule has 0 spiro atoms. The number of halogens is 3. The van der Waals surface area contributed by atoms with Gasteiger partial charge < -0.3 is 4.74 Å². The molecule has 1 aromatic rings. The van der Waals surface area contributed by atoms with Gasteiger partial charge in [-0.25, -0.2) is 0 Å². The molecule has 0 fully saturated rings. The predicted octanol–water partition coefficient (Wildman–Crippen LogP) is 3.37. The molecule has 0 aliphatic rings. The van der Waals surface area contributed by atoms with Crippen LogP contribution in [0.5, 0.6) is 5.75 Å². The van der Waals surface area contributed by atoms with Crippen LogP contribution >= 0.6 is 0 Å². The quantitative estimate of drug-likeness (QED) is 0.757. The second-order valence-electron chi connectivity index (χ2n) is 4.07. The third-order valence-electron chi connectivity index (χ3n) is 2.14. The zero-order chi connectivity index (χ0) is 14.0. The summed E-state index contributed by atoms with van der Waals surface area (Å²) in [5, 5.41) is 8.72. The van der Waals surface area contributed by atoms with Crippen LogP contribution in [-0.2, 0) is 6.18 Å². The molecule has 0 unspecified atom stereocenters. The van der Waals surface area contributed by atoms with E-state index >= 15 is 0 Å². The van der Waals surface area contributed by atoms with Gasteiger partial charge in [-0.2, -0.15) is 18.4 Å². The lowest BCUT2D eigenvalue weighted by Crippen LogP contribution is -2.25. The molecule has 0 heterocycles. The highest BCUT2D eigenvalue weighted by Gasteiger charge is 2.33. The molecule has 94 valence electrons. The van der Waals surface area contributed by atoms with Crippen molar-refractivity contribution in [1.29, 1.82) is 5.26 Å². The SMILES string of the molecule is C#CC(C)(C)Oc1ccc(C(F)(F)F)c(C#N)c1. The second-order valence-corrected chi connectivity index (χ2v) is 4.07. The van der Waals surface area contributed by atoms with Crippen LogP contribution in [0, 0.1) is 23.7 Å². The number of nitriles is 1. The third-order valence-corrected chi connectivity index (χ3v) is 2.14. The largest absolute Gasteiger partial charge is 0.475 e. The zero-order valence-electron chi connectivity index (χ0n) is 9.80. The average Bonchev–Trinajstić information content (AvgIpc) is 2.27. The van der Waals surface area contributed by atoms with E-state index in [4.69, 9.17) is 16.4 Å². The molecule has 0 radical (unpaired) electrons.